The highest BCUT2D eigenvalue weighted by Gasteiger charge is 2.06. The van der Waals surface area contributed by atoms with Gasteiger partial charge in [-0.3, -0.25) is 9.98 Å². The highest BCUT2D eigenvalue weighted by molar-refractivity contribution is 14.0. The first-order valence-corrected chi connectivity index (χ1v) is 9.18. The van der Waals surface area contributed by atoms with Gasteiger partial charge in [-0.05, 0) is 56.5 Å². The molecule has 0 radical (unpaired) electrons. The molecule has 1 aromatic heterocycles. The number of nitrogens with one attached hydrogen (secondary N) is 1. The largest absolute Gasteiger partial charge is 0.492 e. The Bertz CT molecular complexity index is 704. The Labute approximate surface area is 180 Å². The summed E-state index contributed by atoms with van der Waals surface area (Å²) in [6.45, 7) is 9.23. The van der Waals surface area contributed by atoms with Crippen LogP contribution in [0.5, 0.6) is 5.75 Å². The smallest absolute Gasteiger partial charge is 0.193 e. The van der Waals surface area contributed by atoms with Crippen LogP contribution in [0.2, 0.25) is 0 Å². The quantitative estimate of drug-likeness (QED) is 0.353. The van der Waals surface area contributed by atoms with Crippen LogP contribution in [-0.2, 0) is 6.42 Å². The molecule has 0 aliphatic rings. The van der Waals surface area contributed by atoms with E-state index in [2.05, 4.69) is 54.2 Å². The van der Waals surface area contributed by atoms with Gasteiger partial charge in [0.25, 0.3) is 0 Å². The number of likely N-dealkylation sites (N-methyl/N-ethyl adjacent to an activating group) is 1. The molecule has 0 amide bonds. The Morgan fingerprint density at radius 1 is 1.19 bits per heavy atom. The maximum atomic E-state index is 5.82. The Morgan fingerprint density at radius 3 is 2.59 bits per heavy atom. The van der Waals surface area contributed by atoms with Crippen molar-refractivity contribution in [2.24, 2.45) is 4.99 Å². The normalized spacial score (nSPS) is 10.9. The van der Waals surface area contributed by atoms with Crippen molar-refractivity contribution >= 4 is 29.9 Å². The van der Waals surface area contributed by atoms with E-state index in [1.807, 2.05) is 31.6 Å². The van der Waals surface area contributed by atoms with Gasteiger partial charge in [0.2, 0.25) is 0 Å². The van der Waals surface area contributed by atoms with Crippen molar-refractivity contribution in [3.63, 3.8) is 0 Å². The zero-order chi connectivity index (χ0) is 18.8. The van der Waals surface area contributed by atoms with Gasteiger partial charge >= 0.3 is 0 Å². The van der Waals surface area contributed by atoms with Crippen LogP contribution < -0.4 is 10.1 Å². The van der Waals surface area contributed by atoms with E-state index in [0.29, 0.717) is 6.61 Å². The lowest BCUT2D eigenvalue weighted by Crippen LogP contribution is -2.41. The van der Waals surface area contributed by atoms with E-state index in [4.69, 9.17) is 9.73 Å². The summed E-state index contributed by atoms with van der Waals surface area (Å²) < 4.78 is 5.82. The molecule has 1 aromatic carbocycles. The number of nitrogens with zero attached hydrogens (tertiary/aromatic N) is 3. The number of halogens is 1. The Hall–Kier alpha value is -1.83. The third kappa shape index (κ3) is 8.15. The fourth-order valence-corrected chi connectivity index (χ4v) is 2.58. The van der Waals surface area contributed by atoms with Crippen molar-refractivity contribution in [1.82, 2.24) is 15.2 Å². The van der Waals surface area contributed by atoms with E-state index < -0.39 is 0 Å². The van der Waals surface area contributed by atoms with E-state index >= 15 is 0 Å². The average molecular weight is 482 g/mol. The fourth-order valence-electron chi connectivity index (χ4n) is 2.58. The molecule has 148 valence electrons. The lowest BCUT2D eigenvalue weighted by atomic mass is 10.1. The minimum Gasteiger partial charge on any atom is -0.492 e. The molecular weight excluding hydrogens is 451 g/mol. The molecule has 1 N–H and O–H groups in total. The third-order valence-corrected chi connectivity index (χ3v) is 4.19. The zero-order valence-electron chi connectivity index (χ0n) is 16.7. The molecule has 2 rings (SSSR count). The van der Waals surface area contributed by atoms with Crippen molar-refractivity contribution in [2.75, 3.05) is 33.3 Å². The molecule has 0 unspecified atom stereocenters. The van der Waals surface area contributed by atoms with Gasteiger partial charge in [0.15, 0.2) is 5.96 Å². The summed E-state index contributed by atoms with van der Waals surface area (Å²) in [5.41, 5.74) is 3.75. The summed E-state index contributed by atoms with van der Waals surface area (Å²) >= 11 is 0. The summed E-state index contributed by atoms with van der Waals surface area (Å²) in [7, 11) is 2.04. The number of aliphatic imine (C=N–C) groups is 1. The number of hydrogen-bond acceptors (Lipinski definition) is 3. The van der Waals surface area contributed by atoms with E-state index in [-0.39, 0.29) is 24.0 Å². The van der Waals surface area contributed by atoms with E-state index in [0.717, 1.165) is 37.8 Å². The molecule has 2 aromatic rings. The minimum atomic E-state index is 0. The molecular formula is C21H31IN4O. The third-order valence-electron chi connectivity index (χ3n) is 4.19. The fraction of sp³-hybridized carbons (Fsp3) is 0.429. The van der Waals surface area contributed by atoms with Crippen LogP contribution in [0, 0.1) is 13.8 Å². The Kier molecular flexibility index (Phi) is 10.8. The number of ether oxygens (including phenoxy) is 1. The van der Waals surface area contributed by atoms with Gasteiger partial charge in [0, 0.05) is 32.5 Å². The van der Waals surface area contributed by atoms with Crippen molar-refractivity contribution in [1.29, 1.82) is 0 Å². The van der Waals surface area contributed by atoms with Crippen LogP contribution in [0.4, 0.5) is 0 Å². The first-order valence-electron chi connectivity index (χ1n) is 9.18. The molecule has 0 atom stereocenters. The van der Waals surface area contributed by atoms with Crippen molar-refractivity contribution in [3.05, 3.63) is 59.4 Å². The standard InChI is InChI=1S/C21H30N4O.HI/c1-5-23-21(24-13-11-19-10-12-22-16-18(19)3)25(4)14-15-26-20-8-6-17(2)7-9-20;/h6-10,12,16H,5,11,13-15H2,1-4H3,(H,23,24);1H. The van der Waals surface area contributed by atoms with E-state index in [1.165, 1.54) is 16.7 Å². The summed E-state index contributed by atoms with van der Waals surface area (Å²) in [5, 5.41) is 3.35. The molecule has 0 saturated heterocycles. The van der Waals surface area contributed by atoms with Gasteiger partial charge in [0.05, 0.1) is 6.54 Å². The zero-order valence-corrected chi connectivity index (χ0v) is 19.1. The van der Waals surface area contributed by atoms with Crippen molar-refractivity contribution < 1.29 is 4.74 Å². The second kappa shape index (κ2) is 12.5. The number of aryl methyl sites for hydroxylation is 2. The Balaban J connectivity index is 0.00000364. The second-order valence-corrected chi connectivity index (χ2v) is 6.37. The molecule has 0 bridgehead atoms. The summed E-state index contributed by atoms with van der Waals surface area (Å²) in [6.07, 6.45) is 4.65. The SMILES string of the molecule is CCNC(=NCCc1ccncc1C)N(C)CCOc1ccc(C)cc1.I. The number of hydrogen-bond donors (Lipinski definition) is 1. The van der Waals surface area contributed by atoms with Crippen LogP contribution in [-0.4, -0.2) is 49.1 Å². The van der Waals surface area contributed by atoms with Gasteiger partial charge in [-0.1, -0.05) is 17.7 Å². The molecule has 0 saturated carbocycles. The van der Waals surface area contributed by atoms with Crippen LogP contribution >= 0.6 is 24.0 Å². The molecule has 6 heteroatoms. The summed E-state index contributed by atoms with van der Waals surface area (Å²) in [6, 6.07) is 10.2. The lowest BCUT2D eigenvalue weighted by Gasteiger charge is -2.22. The van der Waals surface area contributed by atoms with Gasteiger partial charge in [0.1, 0.15) is 12.4 Å². The van der Waals surface area contributed by atoms with Crippen LogP contribution in [0.25, 0.3) is 0 Å². The second-order valence-electron chi connectivity index (χ2n) is 6.37. The van der Waals surface area contributed by atoms with Crippen LogP contribution in [0.1, 0.15) is 23.6 Å². The van der Waals surface area contributed by atoms with E-state index in [1.54, 1.807) is 0 Å². The summed E-state index contributed by atoms with van der Waals surface area (Å²) in [5.74, 6) is 1.81. The molecule has 0 aliphatic carbocycles. The molecule has 1 heterocycles. The first-order chi connectivity index (χ1) is 12.6. The van der Waals surface area contributed by atoms with E-state index in [9.17, 15) is 0 Å². The monoisotopic (exact) mass is 482 g/mol. The van der Waals surface area contributed by atoms with Crippen LogP contribution in [0.15, 0.2) is 47.7 Å². The van der Waals surface area contributed by atoms with Crippen molar-refractivity contribution in [2.45, 2.75) is 27.2 Å². The maximum absolute atomic E-state index is 5.82. The predicted octanol–water partition coefficient (Wildman–Crippen LogP) is 3.84. The number of pyridine rings is 1. The molecule has 0 spiro atoms. The highest BCUT2D eigenvalue weighted by atomic mass is 127. The number of rotatable bonds is 8. The highest BCUT2D eigenvalue weighted by Crippen LogP contribution is 2.11. The molecule has 0 fully saturated rings. The lowest BCUT2D eigenvalue weighted by molar-refractivity contribution is 0.281. The van der Waals surface area contributed by atoms with Gasteiger partial charge in [-0.25, -0.2) is 0 Å². The first kappa shape index (κ1) is 23.2. The van der Waals surface area contributed by atoms with Gasteiger partial charge in [-0.15, -0.1) is 24.0 Å². The molecule has 27 heavy (non-hydrogen) atoms. The minimum absolute atomic E-state index is 0. The average Bonchev–Trinajstić information content (AvgIpc) is 2.64. The number of aromatic nitrogens is 1. The Morgan fingerprint density at radius 2 is 1.93 bits per heavy atom. The van der Waals surface area contributed by atoms with Gasteiger partial charge < -0.3 is 15.0 Å². The molecule has 0 aliphatic heterocycles. The van der Waals surface area contributed by atoms with Crippen LogP contribution in [0.3, 0.4) is 0 Å². The predicted molar refractivity (Wildman–Crippen MR) is 123 cm³/mol. The topological polar surface area (TPSA) is 49.8 Å². The van der Waals surface area contributed by atoms with Crippen molar-refractivity contribution in [3.8, 4) is 5.75 Å². The number of guanidine groups is 1. The molecule has 5 nitrogen and oxygen atoms in total. The summed E-state index contributed by atoms with van der Waals surface area (Å²) in [4.78, 5) is 11.0. The maximum Gasteiger partial charge on any atom is 0.193 e. The number of benzene rings is 1. The van der Waals surface area contributed by atoms with Gasteiger partial charge in [-0.2, -0.15) is 0 Å².